The summed E-state index contributed by atoms with van der Waals surface area (Å²) in [5.41, 5.74) is 5.62. The lowest BCUT2D eigenvalue weighted by atomic mass is 10.3. The second-order valence-electron chi connectivity index (χ2n) is 3.55. The van der Waals surface area contributed by atoms with Crippen molar-refractivity contribution in [3.05, 3.63) is 11.8 Å². The summed E-state index contributed by atoms with van der Waals surface area (Å²) in [6.07, 6.45) is -1.76. The molecule has 0 bridgehead atoms. The Morgan fingerprint density at radius 3 is 2.60 bits per heavy atom. The molecule has 0 unspecified atom stereocenters. The van der Waals surface area contributed by atoms with E-state index in [0.717, 1.165) is 0 Å². The lowest BCUT2D eigenvalue weighted by molar-refractivity contribution is 0.0572. The first-order valence-corrected chi connectivity index (χ1v) is 4.54. The minimum absolute atomic E-state index is 0.124. The topological polar surface area (TPSA) is 115 Å². The SMILES string of the molecule is Nc1cc(C(=O)N2C[C@@H](O)[C@@H](O)C2)[nH]n1. The third-order valence-corrected chi connectivity index (χ3v) is 2.37. The molecule has 2 rings (SSSR count). The summed E-state index contributed by atoms with van der Waals surface area (Å²) in [5.74, 6) is -0.0894. The predicted molar refractivity (Wildman–Crippen MR) is 50.9 cm³/mol. The number of amides is 1. The number of nitrogens with one attached hydrogen (secondary N) is 1. The van der Waals surface area contributed by atoms with Gasteiger partial charge in [-0.3, -0.25) is 9.89 Å². The number of hydrogen-bond acceptors (Lipinski definition) is 5. The van der Waals surface area contributed by atoms with Gasteiger partial charge in [-0.05, 0) is 0 Å². The van der Waals surface area contributed by atoms with Crippen molar-refractivity contribution in [2.75, 3.05) is 18.8 Å². The number of hydrogen-bond donors (Lipinski definition) is 4. The Hall–Kier alpha value is -1.60. The molecule has 7 heteroatoms. The van der Waals surface area contributed by atoms with Crippen LogP contribution in [0.5, 0.6) is 0 Å². The van der Waals surface area contributed by atoms with E-state index in [1.165, 1.54) is 11.0 Å². The Morgan fingerprint density at radius 2 is 2.13 bits per heavy atom. The number of aromatic amines is 1. The van der Waals surface area contributed by atoms with Crippen LogP contribution in [0.2, 0.25) is 0 Å². The normalized spacial score (nSPS) is 25.9. The minimum Gasteiger partial charge on any atom is -0.388 e. The molecule has 2 atom stereocenters. The molecule has 1 aromatic rings. The van der Waals surface area contributed by atoms with Crippen molar-refractivity contribution in [3.63, 3.8) is 0 Å². The van der Waals surface area contributed by atoms with Gasteiger partial charge in [0.15, 0.2) is 0 Å². The number of nitrogens with zero attached hydrogens (tertiary/aromatic N) is 2. The van der Waals surface area contributed by atoms with Crippen LogP contribution in [0.15, 0.2) is 6.07 Å². The van der Waals surface area contributed by atoms with Crippen LogP contribution >= 0.6 is 0 Å². The van der Waals surface area contributed by atoms with Crippen LogP contribution in [0.25, 0.3) is 0 Å². The Kier molecular flexibility index (Phi) is 2.33. The first kappa shape index (κ1) is 9.94. The smallest absolute Gasteiger partial charge is 0.272 e. The van der Waals surface area contributed by atoms with Gasteiger partial charge in [-0.25, -0.2) is 0 Å². The molecule has 7 nitrogen and oxygen atoms in total. The Bertz CT molecular complexity index is 368. The average Bonchev–Trinajstić information content (AvgIpc) is 2.74. The predicted octanol–water partition coefficient (Wildman–Crippen LogP) is -1.83. The van der Waals surface area contributed by atoms with E-state index >= 15 is 0 Å². The summed E-state index contributed by atoms with van der Waals surface area (Å²) in [6, 6.07) is 1.42. The van der Waals surface area contributed by atoms with E-state index in [9.17, 15) is 15.0 Å². The van der Waals surface area contributed by atoms with Crippen molar-refractivity contribution in [3.8, 4) is 0 Å². The highest BCUT2D eigenvalue weighted by atomic mass is 16.3. The minimum atomic E-state index is -0.880. The summed E-state index contributed by atoms with van der Waals surface area (Å²) in [5, 5.41) is 24.7. The number of aromatic nitrogens is 2. The molecule has 82 valence electrons. The van der Waals surface area contributed by atoms with Crippen molar-refractivity contribution in [2.24, 2.45) is 0 Å². The van der Waals surface area contributed by atoms with Crippen molar-refractivity contribution in [2.45, 2.75) is 12.2 Å². The molecule has 0 aromatic carbocycles. The van der Waals surface area contributed by atoms with Crippen LogP contribution in [-0.2, 0) is 0 Å². The summed E-state index contributed by atoms with van der Waals surface area (Å²) in [4.78, 5) is 13.1. The van der Waals surface area contributed by atoms with Crippen molar-refractivity contribution in [1.29, 1.82) is 0 Å². The zero-order chi connectivity index (χ0) is 11.0. The van der Waals surface area contributed by atoms with E-state index in [0.29, 0.717) is 0 Å². The maximum Gasteiger partial charge on any atom is 0.272 e. The van der Waals surface area contributed by atoms with Gasteiger partial charge in [0.1, 0.15) is 11.5 Å². The van der Waals surface area contributed by atoms with E-state index in [2.05, 4.69) is 10.2 Å². The summed E-state index contributed by atoms with van der Waals surface area (Å²) in [6.45, 7) is 0.248. The lowest BCUT2D eigenvalue weighted by Gasteiger charge is -2.13. The van der Waals surface area contributed by atoms with E-state index in [-0.39, 0.29) is 30.5 Å². The van der Waals surface area contributed by atoms with Gasteiger partial charge in [0.2, 0.25) is 0 Å². The second kappa shape index (κ2) is 3.52. The number of H-pyrrole nitrogens is 1. The highest BCUT2D eigenvalue weighted by Gasteiger charge is 2.33. The molecule has 1 aromatic heterocycles. The van der Waals surface area contributed by atoms with Gasteiger partial charge in [0, 0.05) is 19.2 Å². The summed E-state index contributed by atoms with van der Waals surface area (Å²) < 4.78 is 0. The molecule has 1 amide bonds. The Balaban J connectivity index is 2.10. The molecule has 1 aliphatic heterocycles. The number of β-amino-alcohol motifs (C(OH)–C–C–N with tert-alkyl or cyclic N) is 2. The summed E-state index contributed by atoms with van der Waals surface area (Å²) in [7, 11) is 0. The maximum absolute atomic E-state index is 11.7. The molecule has 0 radical (unpaired) electrons. The molecule has 1 saturated heterocycles. The Labute approximate surface area is 85.5 Å². The molecule has 0 aliphatic carbocycles. The molecule has 2 heterocycles. The van der Waals surface area contributed by atoms with E-state index in [1.54, 1.807) is 0 Å². The quantitative estimate of drug-likeness (QED) is 0.437. The number of likely N-dealkylation sites (tertiary alicyclic amines) is 1. The lowest BCUT2D eigenvalue weighted by Crippen LogP contribution is -2.30. The first-order chi connectivity index (χ1) is 7.08. The molecule has 1 aliphatic rings. The van der Waals surface area contributed by atoms with Gasteiger partial charge in [0.25, 0.3) is 5.91 Å². The van der Waals surface area contributed by atoms with Gasteiger partial charge < -0.3 is 20.8 Å². The molecule has 1 fully saturated rings. The highest BCUT2D eigenvalue weighted by molar-refractivity contribution is 5.93. The fourth-order valence-electron chi connectivity index (χ4n) is 1.55. The van der Waals surface area contributed by atoms with Gasteiger partial charge in [-0.2, -0.15) is 5.10 Å². The Morgan fingerprint density at radius 1 is 1.53 bits per heavy atom. The molecule has 0 saturated carbocycles. The number of aliphatic hydroxyl groups excluding tert-OH is 2. The third kappa shape index (κ3) is 1.79. The van der Waals surface area contributed by atoms with Crippen LogP contribution < -0.4 is 5.73 Å². The first-order valence-electron chi connectivity index (χ1n) is 4.54. The van der Waals surface area contributed by atoms with Crippen molar-refractivity contribution >= 4 is 11.7 Å². The van der Waals surface area contributed by atoms with Gasteiger partial charge in [-0.15, -0.1) is 0 Å². The van der Waals surface area contributed by atoms with Gasteiger partial charge >= 0.3 is 0 Å². The number of carbonyl (C=O) groups is 1. The molecule has 0 spiro atoms. The highest BCUT2D eigenvalue weighted by Crippen LogP contribution is 2.13. The molecule has 15 heavy (non-hydrogen) atoms. The molecular weight excluding hydrogens is 200 g/mol. The fraction of sp³-hybridized carbons (Fsp3) is 0.500. The van der Waals surface area contributed by atoms with E-state index in [1.807, 2.05) is 0 Å². The maximum atomic E-state index is 11.7. The van der Waals surface area contributed by atoms with Crippen LogP contribution in [0.4, 0.5) is 5.82 Å². The monoisotopic (exact) mass is 212 g/mol. The zero-order valence-electron chi connectivity index (χ0n) is 7.92. The van der Waals surface area contributed by atoms with Crippen LogP contribution in [-0.4, -0.2) is 56.5 Å². The van der Waals surface area contributed by atoms with E-state index in [4.69, 9.17) is 5.73 Å². The average molecular weight is 212 g/mol. The number of rotatable bonds is 1. The van der Waals surface area contributed by atoms with Gasteiger partial charge in [-0.1, -0.05) is 0 Å². The standard InChI is InChI=1S/C8H12N4O3/c9-7-1-4(10-11-7)8(15)12-2-5(13)6(14)3-12/h1,5-6,13-14H,2-3H2,(H3,9,10,11)/t5-,6+. The van der Waals surface area contributed by atoms with Crippen molar-refractivity contribution in [1.82, 2.24) is 15.1 Å². The number of anilines is 1. The van der Waals surface area contributed by atoms with Gasteiger partial charge in [0.05, 0.1) is 12.2 Å². The van der Waals surface area contributed by atoms with E-state index < -0.39 is 12.2 Å². The fourth-order valence-corrected chi connectivity index (χ4v) is 1.55. The number of aliphatic hydroxyl groups is 2. The molecule has 5 N–H and O–H groups in total. The van der Waals surface area contributed by atoms with Crippen molar-refractivity contribution < 1.29 is 15.0 Å². The number of nitrogen functional groups attached to an aromatic ring is 1. The third-order valence-electron chi connectivity index (χ3n) is 2.37. The summed E-state index contributed by atoms with van der Waals surface area (Å²) >= 11 is 0. The molecular formula is C8H12N4O3. The largest absolute Gasteiger partial charge is 0.388 e. The second-order valence-corrected chi connectivity index (χ2v) is 3.55. The van der Waals surface area contributed by atoms with Crippen LogP contribution in [0, 0.1) is 0 Å². The number of carbonyl (C=O) groups excluding carboxylic acids is 1. The number of nitrogens with two attached hydrogens (primary N) is 1. The van der Waals surface area contributed by atoms with Crippen LogP contribution in [0.3, 0.4) is 0 Å². The zero-order valence-corrected chi connectivity index (χ0v) is 7.92. The van der Waals surface area contributed by atoms with Crippen LogP contribution in [0.1, 0.15) is 10.5 Å².